The second-order valence-electron chi connectivity index (χ2n) is 5.11. The van der Waals surface area contributed by atoms with Gasteiger partial charge in [-0.1, -0.05) is 0 Å². The van der Waals surface area contributed by atoms with Gasteiger partial charge in [0.25, 0.3) is 5.56 Å². The number of aromatic nitrogens is 2. The Balaban J connectivity index is 2.31. The summed E-state index contributed by atoms with van der Waals surface area (Å²) >= 11 is 0. The maximum atomic E-state index is 11.9. The standard InChI is InChI=1S/C11H17N2O9P/c1-21-4-5-3-13(11(17)12-9(5)15)7-2-6(14)8(22-7)10(16)23(18,19)20/h3,6-8,10,14,16H,2,4H2,1H3,(H,12,15,17)(H2,18,19,20)/t6-,7+,8-,10?/m0/s1. The van der Waals surface area contributed by atoms with Gasteiger partial charge in [0, 0.05) is 19.7 Å². The van der Waals surface area contributed by atoms with Crippen LogP contribution in [0.3, 0.4) is 0 Å². The summed E-state index contributed by atoms with van der Waals surface area (Å²) in [6.07, 6.45) is -3.08. The van der Waals surface area contributed by atoms with Crippen LogP contribution in [0.5, 0.6) is 0 Å². The molecule has 1 aliphatic heterocycles. The molecule has 0 saturated carbocycles. The lowest BCUT2D eigenvalue weighted by Gasteiger charge is -2.22. The van der Waals surface area contributed by atoms with Gasteiger partial charge in [0.2, 0.25) is 0 Å². The highest BCUT2D eigenvalue weighted by Crippen LogP contribution is 2.46. The molecule has 1 unspecified atom stereocenters. The van der Waals surface area contributed by atoms with Gasteiger partial charge in [-0.2, -0.15) is 0 Å². The average Bonchev–Trinajstić information content (AvgIpc) is 2.81. The first-order chi connectivity index (χ1) is 10.6. The molecule has 130 valence electrons. The molecule has 1 aromatic rings. The van der Waals surface area contributed by atoms with Crippen molar-refractivity contribution in [1.29, 1.82) is 0 Å². The molecule has 11 nitrogen and oxygen atoms in total. The zero-order valence-electron chi connectivity index (χ0n) is 12.0. The number of aliphatic hydroxyl groups is 2. The molecule has 2 rings (SSSR count). The molecule has 0 aliphatic carbocycles. The van der Waals surface area contributed by atoms with E-state index in [4.69, 9.17) is 19.3 Å². The first kappa shape index (κ1) is 18.0. The first-order valence-electron chi connectivity index (χ1n) is 6.55. The molecule has 1 saturated heterocycles. The zero-order valence-corrected chi connectivity index (χ0v) is 12.9. The minimum atomic E-state index is -4.90. The van der Waals surface area contributed by atoms with Gasteiger partial charge < -0.3 is 29.5 Å². The molecule has 2 heterocycles. The van der Waals surface area contributed by atoms with Crippen molar-refractivity contribution in [1.82, 2.24) is 9.55 Å². The van der Waals surface area contributed by atoms with Gasteiger partial charge >= 0.3 is 13.3 Å². The predicted octanol–water partition coefficient (Wildman–Crippen LogP) is -2.17. The van der Waals surface area contributed by atoms with Crippen molar-refractivity contribution in [2.75, 3.05) is 7.11 Å². The number of H-pyrrole nitrogens is 1. The fourth-order valence-electron chi connectivity index (χ4n) is 2.31. The normalized spacial score (nSPS) is 26.4. The Morgan fingerprint density at radius 2 is 2.17 bits per heavy atom. The van der Waals surface area contributed by atoms with Gasteiger partial charge in [0.05, 0.1) is 18.3 Å². The summed E-state index contributed by atoms with van der Waals surface area (Å²) in [5, 5.41) is 19.4. The van der Waals surface area contributed by atoms with Crippen molar-refractivity contribution in [3.8, 4) is 0 Å². The van der Waals surface area contributed by atoms with Crippen molar-refractivity contribution in [3.05, 3.63) is 32.6 Å². The third-order valence-corrected chi connectivity index (χ3v) is 4.41. The summed E-state index contributed by atoms with van der Waals surface area (Å²) in [6, 6.07) is 0. The molecule has 1 fully saturated rings. The molecule has 1 aromatic heterocycles. The van der Waals surface area contributed by atoms with Gasteiger partial charge in [-0.05, 0) is 0 Å². The van der Waals surface area contributed by atoms with E-state index >= 15 is 0 Å². The number of aromatic amines is 1. The maximum absolute atomic E-state index is 11.9. The van der Waals surface area contributed by atoms with Crippen LogP contribution in [0.4, 0.5) is 0 Å². The molecule has 23 heavy (non-hydrogen) atoms. The molecule has 1 aliphatic rings. The monoisotopic (exact) mass is 352 g/mol. The molecule has 4 atom stereocenters. The molecule has 0 aromatic carbocycles. The van der Waals surface area contributed by atoms with Gasteiger partial charge in [-0.15, -0.1) is 0 Å². The van der Waals surface area contributed by atoms with Crippen LogP contribution in [0, 0.1) is 0 Å². The third kappa shape index (κ3) is 3.78. The number of hydrogen-bond acceptors (Lipinski definition) is 7. The van der Waals surface area contributed by atoms with Crippen molar-refractivity contribution >= 4 is 7.60 Å². The summed E-state index contributed by atoms with van der Waals surface area (Å²) in [5.74, 6) is -2.22. The molecule has 12 heteroatoms. The minimum Gasteiger partial charge on any atom is -0.390 e. The molecular formula is C11H17N2O9P. The third-order valence-electron chi connectivity index (χ3n) is 3.43. The summed E-state index contributed by atoms with van der Waals surface area (Å²) in [6.45, 7) is -0.0700. The van der Waals surface area contributed by atoms with E-state index in [1.54, 1.807) is 0 Å². The summed E-state index contributed by atoms with van der Waals surface area (Å²) in [4.78, 5) is 43.4. The van der Waals surface area contributed by atoms with Crippen molar-refractivity contribution in [2.45, 2.75) is 37.3 Å². The van der Waals surface area contributed by atoms with E-state index in [1.165, 1.54) is 13.3 Å². The minimum absolute atomic E-state index is 0.0700. The van der Waals surface area contributed by atoms with Crippen molar-refractivity contribution in [3.63, 3.8) is 0 Å². The van der Waals surface area contributed by atoms with E-state index in [9.17, 15) is 24.4 Å². The van der Waals surface area contributed by atoms with Crippen LogP contribution >= 0.6 is 7.60 Å². The molecular weight excluding hydrogens is 335 g/mol. The van der Waals surface area contributed by atoms with E-state index in [-0.39, 0.29) is 18.6 Å². The zero-order chi connectivity index (χ0) is 17.4. The van der Waals surface area contributed by atoms with Crippen molar-refractivity contribution < 1.29 is 34.0 Å². The Kier molecular flexibility index (Phi) is 5.21. The van der Waals surface area contributed by atoms with Crippen LogP contribution in [0.15, 0.2) is 15.8 Å². The van der Waals surface area contributed by atoms with Crippen molar-refractivity contribution in [2.24, 2.45) is 0 Å². The Bertz CT molecular complexity index is 723. The number of aliphatic hydroxyl groups excluding tert-OH is 2. The van der Waals surface area contributed by atoms with Crippen LogP contribution in [0.1, 0.15) is 18.2 Å². The molecule has 0 amide bonds. The Morgan fingerprint density at radius 3 is 2.74 bits per heavy atom. The maximum Gasteiger partial charge on any atom is 0.356 e. The highest BCUT2D eigenvalue weighted by molar-refractivity contribution is 7.52. The average molecular weight is 352 g/mol. The SMILES string of the molecule is COCc1cn([C@H]2C[C@H](O)[C@@H](C(O)P(=O)(O)O)O2)c(=O)[nH]c1=O. The lowest BCUT2D eigenvalue weighted by Crippen LogP contribution is -2.36. The van der Waals surface area contributed by atoms with Crippen LogP contribution in [0.2, 0.25) is 0 Å². The van der Waals surface area contributed by atoms with Gasteiger partial charge in [-0.3, -0.25) is 18.9 Å². The summed E-state index contributed by atoms with van der Waals surface area (Å²) in [5.41, 5.74) is -1.33. The molecule has 0 bridgehead atoms. The quantitative estimate of drug-likeness (QED) is 0.370. The molecule has 0 radical (unpaired) electrons. The second kappa shape index (κ2) is 6.65. The number of hydrogen-bond donors (Lipinski definition) is 5. The van der Waals surface area contributed by atoms with E-state index in [0.29, 0.717) is 0 Å². The van der Waals surface area contributed by atoms with Gasteiger partial charge in [-0.25, -0.2) is 4.79 Å². The smallest absolute Gasteiger partial charge is 0.356 e. The van der Waals surface area contributed by atoms with Crippen LogP contribution in [-0.4, -0.2) is 54.7 Å². The fraction of sp³-hybridized carbons (Fsp3) is 0.636. The van der Waals surface area contributed by atoms with E-state index in [0.717, 1.165) is 4.57 Å². The summed E-state index contributed by atoms with van der Waals surface area (Å²) < 4.78 is 22.1. The topological polar surface area (TPSA) is 171 Å². The Morgan fingerprint density at radius 1 is 1.52 bits per heavy atom. The highest BCUT2D eigenvalue weighted by atomic mass is 31.2. The molecule has 5 N–H and O–H groups in total. The van der Waals surface area contributed by atoms with Gasteiger partial charge in [0.1, 0.15) is 12.3 Å². The highest BCUT2D eigenvalue weighted by Gasteiger charge is 2.46. The number of ether oxygens (including phenoxy) is 2. The number of nitrogens with zero attached hydrogens (tertiary/aromatic N) is 1. The number of rotatable bonds is 5. The summed E-state index contributed by atoms with van der Waals surface area (Å²) in [7, 11) is -3.54. The van der Waals surface area contributed by atoms with E-state index in [1.807, 2.05) is 0 Å². The van der Waals surface area contributed by atoms with Crippen LogP contribution < -0.4 is 11.2 Å². The van der Waals surface area contributed by atoms with Gasteiger partial charge in [0.15, 0.2) is 5.85 Å². The van der Waals surface area contributed by atoms with E-state index < -0.39 is 43.1 Å². The molecule has 0 spiro atoms. The fourth-order valence-corrected chi connectivity index (χ4v) is 2.96. The Labute approximate surface area is 129 Å². The second-order valence-corrected chi connectivity index (χ2v) is 6.82. The van der Waals surface area contributed by atoms with Crippen LogP contribution in [-0.2, 0) is 20.6 Å². The van der Waals surface area contributed by atoms with E-state index in [2.05, 4.69) is 4.98 Å². The van der Waals surface area contributed by atoms with Crippen LogP contribution in [0.25, 0.3) is 0 Å². The Hall–Kier alpha value is -1.33. The predicted molar refractivity (Wildman–Crippen MR) is 74.6 cm³/mol. The first-order valence-corrected chi connectivity index (χ1v) is 8.23. The number of nitrogens with one attached hydrogen (secondary N) is 1. The lowest BCUT2D eigenvalue weighted by molar-refractivity contribution is -0.0646. The largest absolute Gasteiger partial charge is 0.390 e. The number of methoxy groups -OCH3 is 1. The lowest BCUT2D eigenvalue weighted by atomic mass is 10.2.